The van der Waals surface area contributed by atoms with Crippen molar-refractivity contribution in [3.63, 3.8) is 0 Å². The monoisotopic (exact) mass is 308 g/mol. The summed E-state index contributed by atoms with van der Waals surface area (Å²) in [5, 5.41) is 1.19. The summed E-state index contributed by atoms with van der Waals surface area (Å²) in [5.41, 5.74) is 7.81. The molecule has 1 aliphatic carbocycles. The number of benzene rings is 1. The van der Waals surface area contributed by atoms with E-state index in [1.54, 1.807) is 28.8 Å². The van der Waals surface area contributed by atoms with Crippen LogP contribution >= 0.6 is 23.2 Å². The second-order valence-electron chi connectivity index (χ2n) is 4.98. The lowest BCUT2D eigenvalue weighted by Gasteiger charge is -2.15. The quantitative estimate of drug-likeness (QED) is 0.941. The van der Waals surface area contributed by atoms with Gasteiger partial charge in [0.25, 0.3) is 5.56 Å². The minimum Gasteiger partial charge on any atom is -0.326 e. The van der Waals surface area contributed by atoms with Crippen molar-refractivity contribution < 1.29 is 0 Å². The molecule has 1 heterocycles. The first kappa shape index (κ1) is 13.7. The summed E-state index contributed by atoms with van der Waals surface area (Å²) in [4.78, 5) is 12.5. The fourth-order valence-corrected chi connectivity index (χ4v) is 2.75. The fraction of sp³-hybridized carbons (Fsp3) is 0.267. The van der Waals surface area contributed by atoms with Crippen LogP contribution in [0.15, 0.2) is 35.1 Å². The molecular weight excluding hydrogens is 295 g/mol. The summed E-state index contributed by atoms with van der Waals surface area (Å²) >= 11 is 12.3. The predicted molar refractivity (Wildman–Crippen MR) is 82.3 cm³/mol. The van der Waals surface area contributed by atoms with Gasteiger partial charge in [0.2, 0.25) is 0 Å². The molecule has 3 nitrogen and oxygen atoms in total. The van der Waals surface area contributed by atoms with E-state index in [1.807, 2.05) is 6.07 Å². The summed E-state index contributed by atoms with van der Waals surface area (Å²) in [5.74, 6) is 0. The van der Waals surface area contributed by atoms with Crippen molar-refractivity contribution in [2.24, 2.45) is 5.73 Å². The zero-order valence-corrected chi connectivity index (χ0v) is 12.3. The summed E-state index contributed by atoms with van der Waals surface area (Å²) < 4.78 is 1.81. The normalized spacial score (nSPS) is 14.6. The first-order chi connectivity index (χ1) is 9.61. The molecule has 1 saturated carbocycles. The van der Waals surface area contributed by atoms with Crippen molar-refractivity contribution in [1.82, 2.24) is 4.57 Å². The van der Waals surface area contributed by atoms with Gasteiger partial charge in [-0.2, -0.15) is 0 Å². The van der Waals surface area contributed by atoms with Crippen LogP contribution in [0.1, 0.15) is 24.4 Å². The van der Waals surface area contributed by atoms with Crippen molar-refractivity contribution in [3.8, 4) is 11.3 Å². The van der Waals surface area contributed by atoms with Gasteiger partial charge < -0.3 is 10.3 Å². The van der Waals surface area contributed by atoms with Crippen molar-refractivity contribution in [3.05, 3.63) is 56.3 Å². The zero-order valence-electron chi connectivity index (χ0n) is 10.8. The molecule has 1 aliphatic rings. The first-order valence-corrected chi connectivity index (χ1v) is 7.27. The Kier molecular flexibility index (Phi) is 3.59. The topological polar surface area (TPSA) is 48.0 Å². The molecule has 0 unspecified atom stereocenters. The van der Waals surface area contributed by atoms with E-state index in [1.165, 1.54) is 0 Å². The maximum atomic E-state index is 12.5. The average molecular weight is 309 g/mol. The number of pyridine rings is 1. The summed E-state index contributed by atoms with van der Waals surface area (Å²) in [6, 6.07) is 9.20. The van der Waals surface area contributed by atoms with Gasteiger partial charge in [0.1, 0.15) is 0 Å². The highest BCUT2D eigenvalue weighted by atomic mass is 35.5. The minimum atomic E-state index is -0.0245. The van der Waals surface area contributed by atoms with E-state index in [2.05, 4.69) is 0 Å². The van der Waals surface area contributed by atoms with Gasteiger partial charge in [0.05, 0.1) is 5.69 Å². The Labute approximate surface area is 126 Å². The third-order valence-electron chi connectivity index (χ3n) is 3.53. The highest BCUT2D eigenvalue weighted by Crippen LogP contribution is 2.39. The Morgan fingerprint density at radius 1 is 1.20 bits per heavy atom. The molecule has 0 spiro atoms. The van der Waals surface area contributed by atoms with Crippen molar-refractivity contribution in [1.29, 1.82) is 0 Å². The van der Waals surface area contributed by atoms with Crippen LogP contribution in [0.2, 0.25) is 10.0 Å². The number of nitrogens with zero attached hydrogens (tertiary/aromatic N) is 1. The van der Waals surface area contributed by atoms with Gasteiger partial charge in [-0.3, -0.25) is 4.79 Å². The molecule has 3 rings (SSSR count). The van der Waals surface area contributed by atoms with Crippen LogP contribution in [0.25, 0.3) is 11.3 Å². The van der Waals surface area contributed by atoms with Gasteiger partial charge in [-0.05, 0) is 37.1 Å². The summed E-state index contributed by atoms with van der Waals surface area (Å²) in [7, 11) is 0. The Balaban J connectivity index is 2.26. The van der Waals surface area contributed by atoms with E-state index in [0.717, 1.165) is 24.1 Å². The number of hydrogen-bond donors (Lipinski definition) is 1. The Morgan fingerprint density at radius 2 is 1.95 bits per heavy atom. The highest BCUT2D eigenvalue weighted by Gasteiger charge is 2.28. The van der Waals surface area contributed by atoms with Crippen molar-refractivity contribution >= 4 is 23.2 Å². The molecule has 5 heteroatoms. The fourth-order valence-electron chi connectivity index (χ4n) is 2.36. The van der Waals surface area contributed by atoms with Crippen LogP contribution in [0.3, 0.4) is 0 Å². The SMILES string of the molecule is NCc1ccc(-c2cc(Cl)ccc2Cl)n(C2CC2)c1=O. The Bertz CT molecular complexity index is 720. The third kappa shape index (κ3) is 2.37. The number of hydrogen-bond acceptors (Lipinski definition) is 2. The Hall–Kier alpha value is -1.29. The van der Waals surface area contributed by atoms with E-state index in [4.69, 9.17) is 28.9 Å². The number of aromatic nitrogens is 1. The van der Waals surface area contributed by atoms with Gasteiger partial charge >= 0.3 is 0 Å². The maximum Gasteiger partial charge on any atom is 0.255 e. The lowest BCUT2D eigenvalue weighted by Crippen LogP contribution is -2.25. The van der Waals surface area contributed by atoms with E-state index >= 15 is 0 Å². The zero-order chi connectivity index (χ0) is 14.3. The molecule has 2 N–H and O–H groups in total. The second kappa shape index (κ2) is 5.24. The van der Waals surface area contributed by atoms with Gasteiger partial charge in [-0.15, -0.1) is 0 Å². The molecule has 1 fully saturated rings. The number of halogens is 2. The van der Waals surface area contributed by atoms with Crippen LogP contribution in [0.5, 0.6) is 0 Å². The largest absolute Gasteiger partial charge is 0.326 e. The predicted octanol–water partition coefficient (Wildman–Crippen LogP) is 3.62. The third-order valence-corrected chi connectivity index (χ3v) is 4.10. The molecule has 20 heavy (non-hydrogen) atoms. The molecule has 104 valence electrons. The second-order valence-corrected chi connectivity index (χ2v) is 5.82. The van der Waals surface area contributed by atoms with Crippen LogP contribution < -0.4 is 11.3 Å². The minimum absolute atomic E-state index is 0.0245. The Morgan fingerprint density at radius 3 is 2.60 bits per heavy atom. The van der Waals surface area contributed by atoms with Gasteiger partial charge in [0, 0.05) is 33.8 Å². The average Bonchev–Trinajstić information content (AvgIpc) is 3.25. The lowest BCUT2D eigenvalue weighted by atomic mass is 10.1. The van der Waals surface area contributed by atoms with Crippen molar-refractivity contribution in [2.75, 3.05) is 0 Å². The molecule has 0 saturated heterocycles. The van der Waals surface area contributed by atoms with Crippen LogP contribution in [0, 0.1) is 0 Å². The molecule has 2 aromatic rings. The van der Waals surface area contributed by atoms with Crippen LogP contribution in [-0.2, 0) is 6.54 Å². The molecule has 1 aromatic carbocycles. The van der Waals surface area contributed by atoms with E-state index in [0.29, 0.717) is 15.6 Å². The molecule has 0 bridgehead atoms. The van der Waals surface area contributed by atoms with Crippen LogP contribution in [0.4, 0.5) is 0 Å². The van der Waals surface area contributed by atoms with E-state index in [-0.39, 0.29) is 18.1 Å². The van der Waals surface area contributed by atoms with Crippen molar-refractivity contribution in [2.45, 2.75) is 25.4 Å². The molecule has 0 atom stereocenters. The molecular formula is C15H14Cl2N2O. The number of nitrogens with two attached hydrogens (primary N) is 1. The molecule has 0 amide bonds. The number of rotatable bonds is 3. The molecule has 1 aromatic heterocycles. The van der Waals surface area contributed by atoms with E-state index in [9.17, 15) is 4.79 Å². The lowest BCUT2D eigenvalue weighted by molar-refractivity contribution is 0.704. The smallest absolute Gasteiger partial charge is 0.255 e. The first-order valence-electron chi connectivity index (χ1n) is 6.51. The summed E-state index contributed by atoms with van der Waals surface area (Å²) in [6.07, 6.45) is 2.03. The highest BCUT2D eigenvalue weighted by molar-refractivity contribution is 6.35. The van der Waals surface area contributed by atoms with E-state index < -0.39 is 0 Å². The van der Waals surface area contributed by atoms with Crippen LogP contribution in [-0.4, -0.2) is 4.57 Å². The van der Waals surface area contributed by atoms with Gasteiger partial charge in [-0.1, -0.05) is 29.3 Å². The van der Waals surface area contributed by atoms with Gasteiger partial charge in [0.15, 0.2) is 0 Å². The maximum absolute atomic E-state index is 12.5. The summed E-state index contributed by atoms with van der Waals surface area (Å²) in [6.45, 7) is 0.245. The standard InChI is InChI=1S/C15H14Cl2N2O/c16-10-2-5-13(17)12(7-10)14-6-1-9(8-18)15(20)19(14)11-3-4-11/h1-2,5-7,11H,3-4,8,18H2. The molecule has 0 radical (unpaired) electrons. The van der Waals surface area contributed by atoms with Gasteiger partial charge in [-0.25, -0.2) is 0 Å². The molecule has 0 aliphatic heterocycles.